The Kier molecular flexibility index (Phi) is 8.59. The molecule has 0 fully saturated rings. The molecule has 1 unspecified atom stereocenters. The second kappa shape index (κ2) is 12.5. The molecule has 0 spiro atoms. The Bertz CT molecular complexity index is 1840. The van der Waals surface area contributed by atoms with Gasteiger partial charge in [0, 0.05) is 38.1 Å². The second-order valence-electron chi connectivity index (χ2n) is 10.4. The summed E-state index contributed by atoms with van der Waals surface area (Å²) in [4.78, 5) is 45.8. The van der Waals surface area contributed by atoms with E-state index in [0.29, 0.717) is 39.6 Å². The van der Waals surface area contributed by atoms with E-state index >= 15 is 0 Å². The van der Waals surface area contributed by atoms with Crippen molar-refractivity contribution >= 4 is 56.2 Å². The first kappa shape index (κ1) is 30.2. The Balaban J connectivity index is 1.51. The average Bonchev–Trinajstić information content (AvgIpc) is 3.34. The molecule has 0 saturated carbocycles. The van der Waals surface area contributed by atoms with E-state index in [-0.39, 0.29) is 29.2 Å². The summed E-state index contributed by atoms with van der Waals surface area (Å²) in [5.74, 6) is -1.63. The Labute approximate surface area is 256 Å². The number of carbonyl (C=O) groups is 3. The van der Waals surface area contributed by atoms with E-state index in [1.165, 1.54) is 28.9 Å². The van der Waals surface area contributed by atoms with Crippen molar-refractivity contribution in [3.05, 3.63) is 114 Å². The van der Waals surface area contributed by atoms with Gasteiger partial charge in [-0.25, -0.2) is 8.42 Å². The van der Waals surface area contributed by atoms with Gasteiger partial charge in [-0.15, -0.1) is 0 Å². The van der Waals surface area contributed by atoms with Gasteiger partial charge in [0.15, 0.2) is 0 Å². The zero-order chi connectivity index (χ0) is 31.4. The number of amides is 3. The van der Waals surface area contributed by atoms with Crippen molar-refractivity contribution in [1.82, 2.24) is 4.90 Å². The van der Waals surface area contributed by atoms with Crippen LogP contribution in [0.1, 0.15) is 24.0 Å². The van der Waals surface area contributed by atoms with Gasteiger partial charge < -0.3 is 15.1 Å². The molecule has 0 bridgehead atoms. The molecule has 10 nitrogen and oxygen atoms in total. The SMILES string of the molecule is CC(=O)N(CC(=O)N(C)C)c1ccc(N=C(c2ccccc2)C2C(=O)Nc3ccc(NS(=O)(=O)c4ccccc4)cc32)cc1. The number of nitrogens with zero attached hydrogens (tertiary/aromatic N) is 3. The number of aliphatic imine (C=N–C) groups is 1. The first-order valence-corrected chi connectivity index (χ1v) is 15.3. The maximum Gasteiger partial charge on any atom is 0.261 e. The molecule has 4 aromatic carbocycles. The summed E-state index contributed by atoms with van der Waals surface area (Å²) in [6.45, 7) is 1.29. The van der Waals surface area contributed by atoms with Crippen molar-refractivity contribution < 1.29 is 22.8 Å². The number of likely N-dealkylation sites (N-methyl/N-ethyl adjacent to an activating group) is 1. The number of nitrogens with one attached hydrogen (secondary N) is 2. The number of rotatable bonds is 9. The molecule has 4 aromatic rings. The van der Waals surface area contributed by atoms with Crippen LogP contribution in [0.15, 0.2) is 113 Å². The van der Waals surface area contributed by atoms with E-state index in [4.69, 9.17) is 4.99 Å². The highest BCUT2D eigenvalue weighted by Crippen LogP contribution is 2.38. The Morgan fingerprint density at radius 3 is 2.14 bits per heavy atom. The standard InChI is InChI=1S/C33H31N5O5S/c1-22(39)38(21-30(40)37(2)3)26-17-14-24(15-18-26)34-32(23-10-6-4-7-11-23)31-28-20-25(16-19-29(28)35-33(31)41)36-44(42,43)27-12-8-5-9-13-27/h4-20,31,36H,21H2,1-3H3,(H,35,41). The maximum atomic E-state index is 13.4. The normalized spacial score (nSPS) is 14.4. The molecular weight excluding hydrogens is 578 g/mol. The predicted molar refractivity (Wildman–Crippen MR) is 171 cm³/mol. The first-order chi connectivity index (χ1) is 21.0. The van der Waals surface area contributed by atoms with Crippen LogP contribution in [0.2, 0.25) is 0 Å². The molecule has 1 heterocycles. The average molecular weight is 610 g/mol. The molecule has 5 rings (SSSR count). The lowest BCUT2D eigenvalue weighted by Gasteiger charge is -2.22. The van der Waals surface area contributed by atoms with E-state index in [1.807, 2.05) is 30.3 Å². The van der Waals surface area contributed by atoms with E-state index in [0.717, 1.165) is 0 Å². The zero-order valence-corrected chi connectivity index (χ0v) is 25.2. The van der Waals surface area contributed by atoms with Gasteiger partial charge in [-0.05, 0) is 65.7 Å². The molecule has 0 radical (unpaired) electrons. The molecule has 0 aliphatic carbocycles. The number of benzene rings is 4. The van der Waals surface area contributed by atoms with E-state index in [2.05, 4.69) is 10.0 Å². The van der Waals surface area contributed by atoms with Crippen molar-refractivity contribution in [2.45, 2.75) is 17.7 Å². The minimum Gasteiger partial charge on any atom is -0.347 e. The minimum atomic E-state index is -3.85. The number of sulfonamides is 1. The Morgan fingerprint density at radius 2 is 1.52 bits per heavy atom. The molecule has 44 heavy (non-hydrogen) atoms. The van der Waals surface area contributed by atoms with Crippen molar-refractivity contribution in [3.63, 3.8) is 0 Å². The van der Waals surface area contributed by atoms with Crippen LogP contribution in [0.25, 0.3) is 0 Å². The van der Waals surface area contributed by atoms with Crippen LogP contribution in [0.3, 0.4) is 0 Å². The van der Waals surface area contributed by atoms with Crippen LogP contribution >= 0.6 is 0 Å². The number of hydrogen-bond acceptors (Lipinski definition) is 6. The van der Waals surface area contributed by atoms with Gasteiger partial charge in [-0.1, -0.05) is 48.5 Å². The summed E-state index contributed by atoms with van der Waals surface area (Å²) in [7, 11) is -0.596. The molecule has 0 aromatic heterocycles. The molecule has 11 heteroatoms. The van der Waals surface area contributed by atoms with Gasteiger partial charge in [0.25, 0.3) is 10.0 Å². The lowest BCUT2D eigenvalue weighted by Crippen LogP contribution is -2.39. The highest BCUT2D eigenvalue weighted by Gasteiger charge is 2.36. The van der Waals surface area contributed by atoms with Crippen LogP contribution < -0.4 is 14.9 Å². The smallest absolute Gasteiger partial charge is 0.261 e. The van der Waals surface area contributed by atoms with E-state index < -0.39 is 15.9 Å². The third kappa shape index (κ3) is 6.52. The van der Waals surface area contributed by atoms with Crippen molar-refractivity contribution in [2.75, 3.05) is 35.6 Å². The van der Waals surface area contributed by atoms with Gasteiger partial charge in [0.1, 0.15) is 12.5 Å². The third-order valence-electron chi connectivity index (χ3n) is 7.11. The van der Waals surface area contributed by atoms with Crippen LogP contribution in [0.5, 0.6) is 0 Å². The molecule has 2 N–H and O–H groups in total. The lowest BCUT2D eigenvalue weighted by atomic mass is 9.90. The third-order valence-corrected chi connectivity index (χ3v) is 8.51. The topological polar surface area (TPSA) is 128 Å². The van der Waals surface area contributed by atoms with E-state index in [9.17, 15) is 22.8 Å². The lowest BCUT2D eigenvalue weighted by molar-refractivity contribution is -0.129. The number of hydrogen-bond donors (Lipinski definition) is 2. The molecule has 1 aliphatic rings. The molecule has 224 valence electrons. The van der Waals surface area contributed by atoms with Gasteiger partial charge >= 0.3 is 0 Å². The minimum absolute atomic E-state index is 0.102. The Hall–Kier alpha value is -5.29. The highest BCUT2D eigenvalue weighted by molar-refractivity contribution is 7.92. The fraction of sp³-hybridized carbons (Fsp3) is 0.152. The number of carbonyl (C=O) groups excluding carboxylic acids is 3. The number of anilines is 3. The Morgan fingerprint density at radius 1 is 0.886 bits per heavy atom. The molecule has 1 atom stereocenters. The van der Waals surface area contributed by atoms with Crippen molar-refractivity contribution in [3.8, 4) is 0 Å². The maximum absolute atomic E-state index is 13.4. The summed E-state index contributed by atoms with van der Waals surface area (Å²) in [6, 6.07) is 29.0. The first-order valence-electron chi connectivity index (χ1n) is 13.8. The fourth-order valence-corrected chi connectivity index (χ4v) is 5.89. The summed E-state index contributed by atoms with van der Waals surface area (Å²) in [5.41, 5.74) is 3.68. The van der Waals surface area contributed by atoms with E-state index in [1.54, 1.807) is 74.8 Å². The van der Waals surface area contributed by atoms with Crippen LogP contribution in [-0.4, -0.2) is 57.4 Å². The largest absolute Gasteiger partial charge is 0.347 e. The van der Waals surface area contributed by atoms with Gasteiger partial charge in [0.2, 0.25) is 17.7 Å². The highest BCUT2D eigenvalue weighted by atomic mass is 32.2. The molecular formula is C33H31N5O5S. The van der Waals surface area contributed by atoms with Crippen molar-refractivity contribution in [2.24, 2.45) is 4.99 Å². The summed E-state index contributed by atoms with van der Waals surface area (Å²) in [6.07, 6.45) is 0. The molecule has 3 amide bonds. The summed E-state index contributed by atoms with van der Waals surface area (Å²) >= 11 is 0. The monoisotopic (exact) mass is 609 g/mol. The predicted octanol–water partition coefficient (Wildman–Crippen LogP) is 4.79. The van der Waals surface area contributed by atoms with Gasteiger partial charge in [-0.3, -0.25) is 24.1 Å². The molecule has 1 aliphatic heterocycles. The fourth-order valence-electron chi connectivity index (χ4n) is 4.82. The van der Waals surface area contributed by atoms with Crippen LogP contribution in [-0.2, 0) is 24.4 Å². The number of fused-ring (bicyclic) bond motifs is 1. The summed E-state index contributed by atoms with van der Waals surface area (Å²) in [5, 5.41) is 2.89. The van der Waals surface area contributed by atoms with Crippen molar-refractivity contribution in [1.29, 1.82) is 0 Å². The van der Waals surface area contributed by atoms with Gasteiger partial charge in [0.05, 0.1) is 16.3 Å². The van der Waals surface area contributed by atoms with Crippen LogP contribution in [0, 0.1) is 0 Å². The zero-order valence-electron chi connectivity index (χ0n) is 24.4. The molecule has 0 saturated heterocycles. The summed E-state index contributed by atoms with van der Waals surface area (Å²) < 4.78 is 28.6. The van der Waals surface area contributed by atoms with Gasteiger partial charge in [-0.2, -0.15) is 0 Å². The second-order valence-corrected chi connectivity index (χ2v) is 12.1. The van der Waals surface area contributed by atoms with Crippen LogP contribution in [0.4, 0.5) is 22.7 Å². The quantitative estimate of drug-likeness (QED) is 0.264.